The van der Waals surface area contributed by atoms with Gasteiger partial charge in [0.2, 0.25) is 0 Å². The number of nitrogens with zero attached hydrogens (tertiary/aromatic N) is 2. The van der Waals surface area contributed by atoms with Gasteiger partial charge in [-0.3, -0.25) is 0 Å². The molecule has 3 heteroatoms. The minimum atomic E-state index is 0.167. The van der Waals surface area contributed by atoms with Gasteiger partial charge in [-0.2, -0.15) is 5.26 Å². The molecule has 0 aliphatic carbocycles. The highest BCUT2D eigenvalue weighted by Gasteiger charge is 2.30. The maximum Gasteiger partial charge on any atom is 0.0672 e. The van der Waals surface area contributed by atoms with Crippen LogP contribution >= 0.6 is 11.6 Å². The third-order valence-electron chi connectivity index (χ3n) is 3.20. The zero-order valence-corrected chi connectivity index (χ0v) is 10.1. The topological polar surface area (TPSA) is 27.0 Å². The van der Waals surface area contributed by atoms with Crippen molar-refractivity contribution in [2.45, 2.75) is 6.42 Å². The van der Waals surface area contributed by atoms with Crippen molar-refractivity contribution in [1.82, 2.24) is 4.90 Å². The lowest BCUT2D eigenvalue weighted by molar-refractivity contribution is 0.394. The molecule has 1 aromatic carbocycles. The molecule has 2 unspecified atom stereocenters. The Balaban J connectivity index is 2.04. The van der Waals surface area contributed by atoms with Crippen molar-refractivity contribution in [1.29, 1.82) is 5.26 Å². The van der Waals surface area contributed by atoms with Crippen LogP contribution in [0.4, 0.5) is 0 Å². The molecule has 1 heterocycles. The second-order valence-electron chi connectivity index (χ2n) is 4.55. The van der Waals surface area contributed by atoms with Gasteiger partial charge in [0.25, 0.3) is 0 Å². The first-order valence-electron chi connectivity index (χ1n) is 5.51. The van der Waals surface area contributed by atoms with E-state index in [9.17, 15) is 0 Å². The molecule has 0 saturated carbocycles. The minimum Gasteiger partial charge on any atom is -0.305 e. The monoisotopic (exact) mass is 234 g/mol. The Bertz CT molecular complexity index is 393. The number of nitriles is 1. The van der Waals surface area contributed by atoms with Gasteiger partial charge in [0.1, 0.15) is 0 Å². The first-order chi connectivity index (χ1) is 7.69. The van der Waals surface area contributed by atoms with Crippen LogP contribution in [-0.2, 0) is 6.42 Å². The SMILES string of the molecule is CN1CC(C#N)C(Cc2ccc(Cl)cc2)C1. The standard InChI is InChI=1S/C13H15ClN2/c1-16-8-11(12(7-15)9-16)6-10-2-4-13(14)5-3-10/h2-5,11-12H,6,8-9H2,1H3. The zero-order valence-electron chi connectivity index (χ0n) is 9.36. The molecule has 16 heavy (non-hydrogen) atoms. The fraction of sp³-hybridized carbons (Fsp3) is 0.462. The van der Waals surface area contributed by atoms with Crippen LogP contribution in [0.3, 0.4) is 0 Å². The summed E-state index contributed by atoms with van der Waals surface area (Å²) in [4.78, 5) is 2.23. The fourth-order valence-corrected chi connectivity index (χ4v) is 2.49. The summed E-state index contributed by atoms with van der Waals surface area (Å²) in [7, 11) is 2.08. The highest BCUT2D eigenvalue weighted by molar-refractivity contribution is 6.30. The number of hydrogen-bond acceptors (Lipinski definition) is 2. The second kappa shape index (κ2) is 4.86. The van der Waals surface area contributed by atoms with Crippen LogP contribution in [-0.4, -0.2) is 25.0 Å². The van der Waals surface area contributed by atoms with Crippen LogP contribution in [0.5, 0.6) is 0 Å². The molecular formula is C13H15ClN2. The Kier molecular flexibility index (Phi) is 3.48. The van der Waals surface area contributed by atoms with Crippen LogP contribution < -0.4 is 0 Å². The maximum absolute atomic E-state index is 9.08. The van der Waals surface area contributed by atoms with Gasteiger partial charge in [-0.25, -0.2) is 0 Å². The Morgan fingerprint density at radius 3 is 2.69 bits per heavy atom. The molecule has 1 saturated heterocycles. The molecule has 1 aliphatic heterocycles. The molecule has 0 N–H and O–H groups in total. The summed E-state index contributed by atoms with van der Waals surface area (Å²) in [6, 6.07) is 10.3. The molecule has 2 nitrogen and oxygen atoms in total. The van der Waals surface area contributed by atoms with E-state index in [4.69, 9.17) is 16.9 Å². The third-order valence-corrected chi connectivity index (χ3v) is 3.45. The molecule has 0 amide bonds. The Morgan fingerprint density at radius 2 is 2.06 bits per heavy atom. The quantitative estimate of drug-likeness (QED) is 0.787. The number of benzene rings is 1. The van der Waals surface area contributed by atoms with Crippen LogP contribution in [0.2, 0.25) is 5.02 Å². The first-order valence-corrected chi connectivity index (χ1v) is 5.89. The number of hydrogen-bond donors (Lipinski definition) is 0. The normalized spacial score (nSPS) is 25.6. The van der Waals surface area contributed by atoms with E-state index in [0.717, 1.165) is 24.5 Å². The first kappa shape index (κ1) is 11.4. The van der Waals surface area contributed by atoms with Crippen molar-refractivity contribution in [2.24, 2.45) is 11.8 Å². The van der Waals surface area contributed by atoms with E-state index >= 15 is 0 Å². The van der Waals surface area contributed by atoms with Crippen LogP contribution in [0.25, 0.3) is 0 Å². The summed E-state index contributed by atoms with van der Waals surface area (Å²) in [5, 5.41) is 9.85. The van der Waals surface area contributed by atoms with Crippen molar-refractivity contribution in [3.05, 3.63) is 34.9 Å². The van der Waals surface area contributed by atoms with E-state index in [1.807, 2.05) is 12.1 Å². The van der Waals surface area contributed by atoms with Gasteiger partial charge in [-0.15, -0.1) is 0 Å². The molecular weight excluding hydrogens is 220 g/mol. The summed E-state index contributed by atoms with van der Waals surface area (Å²) in [5.74, 6) is 0.622. The summed E-state index contributed by atoms with van der Waals surface area (Å²) in [5.41, 5.74) is 1.27. The van der Waals surface area contributed by atoms with Crippen LogP contribution in [0, 0.1) is 23.2 Å². The number of likely N-dealkylation sites (tertiary alicyclic amines) is 1. The van der Waals surface area contributed by atoms with E-state index < -0.39 is 0 Å². The van der Waals surface area contributed by atoms with Crippen molar-refractivity contribution in [3.8, 4) is 6.07 Å². The second-order valence-corrected chi connectivity index (χ2v) is 4.98. The van der Waals surface area contributed by atoms with Crippen LogP contribution in [0.15, 0.2) is 24.3 Å². The maximum atomic E-state index is 9.08. The molecule has 0 radical (unpaired) electrons. The van der Waals surface area contributed by atoms with E-state index in [2.05, 4.69) is 30.1 Å². The molecule has 0 spiro atoms. The Labute approximate surface area is 101 Å². The molecule has 1 aliphatic rings. The van der Waals surface area contributed by atoms with Crippen LogP contribution in [0.1, 0.15) is 5.56 Å². The molecule has 84 valence electrons. The summed E-state index contributed by atoms with van der Waals surface area (Å²) in [6.07, 6.45) is 0.972. The third kappa shape index (κ3) is 2.55. The molecule has 1 aromatic rings. The molecule has 0 aromatic heterocycles. The lowest BCUT2D eigenvalue weighted by Gasteiger charge is -2.12. The fourth-order valence-electron chi connectivity index (χ4n) is 2.36. The molecule has 1 fully saturated rings. The summed E-state index contributed by atoms with van der Waals surface area (Å²) < 4.78 is 0. The van der Waals surface area contributed by atoms with Gasteiger partial charge in [-0.05, 0) is 37.1 Å². The lowest BCUT2D eigenvalue weighted by atomic mass is 9.91. The smallest absolute Gasteiger partial charge is 0.0672 e. The molecule has 0 bridgehead atoms. The van der Waals surface area contributed by atoms with Crippen molar-refractivity contribution in [3.63, 3.8) is 0 Å². The van der Waals surface area contributed by atoms with E-state index in [0.29, 0.717) is 5.92 Å². The van der Waals surface area contributed by atoms with Gasteiger partial charge in [0.15, 0.2) is 0 Å². The average Bonchev–Trinajstić information content (AvgIpc) is 2.62. The van der Waals surface area contributed by atoms with Gasteiger partial charge in [0, 0.05) is 18.1 Å². The van der Waals surface area contributed by atoms with E-state index in [1.165, 1.54) is 5.56 Å². The summed E-state index contributed by atoms with van der Waals surface area (Å²) in [6.45, 7) is 1.91. The average molecular weight is 235 g/mol. The van der Waals surface area contributed by atoms with Crippen molar-refractivity contribution in [2.75, 3.05) is 20.1 Å². The highest BCUT2D eigenvalue weighted by atomic mass is 35.5. The summed E-state index contributed by atoms with van der Waals surface area (Å²) >= 11 is 5.85. The minimum absolute atomic E-state index is 0.167. The number of rotatable bonds is 2. The number of halogens is 1. The molecule has 2 rings (SSSR count). The van der Waals surface area contributed by atoms with Crippen molar-refractivity contribution >= 4 is 11.6 Å². The van der Waals surface area contributed by atoms with E-state index in [-0.39, 0.29) is 5.92 Å². The Hall–Kier alpha value is -1.04. The predicted molar refractivity (Wildman–Crippen MR) is 65.2 cm³/mol. The zero-order chi connectivity index (χ0) is 11.5. The predicted octanol–water partition coefficient (Wildman–Crippen LogP) is 2.58. The van der Waals surface area contributed by atoms with Gasteiger partial charge >= 0.3 is 0 Å². The lowest BCUT2D eigenvalue weighted by Crippen LogP contribution is -2.15. The Morgan fingerprint density at radius 1 is 1.38 bits per heavy atom. The van der Waals surface area contributed by atoms with Gasteiger partial charge < -0.3 is 4.90 Å². The highest BCUT2D eigenvalue weighted by Crippen LogP contribution is 2.25. The molecule has 2 atom stereocenters. The largest absolute Gasteiger partial charge is 0.305 e. The van der Waals surface area contributed by atoms with E-state index in [1.54, 1.807) is 0 Å². The van der Waals surface area contributed by atoms with Crippen molar-refractivity contribution < 1.29 is 0 Å². The van der Waals surface area contributed by atoms with Gasteiger partial charge in [-0.1, -0.05) is 23.7 Å². The van der Waals surface area contributed by atoms with Gasteiger partial charge in [0.05, 0.1) is 12.0 Å².